The number of hydrazine groups is 2. The highest BCUT2D eigenvalue weighted by Crippen LogP contribution is 2.20. The van der Waals surface area contributed by atoms with Crippen molar-refractivity contribution in [2.45, 2.75) is 33.0 Å². The molecule has 1 aromatic carbocycles. The molecule has 2 atom stereocenters. The van der Waals surface area contributed by atoms with E-state index in [9.17, 15) is 0 Å². The molecule has 7 heteroatoms. The molecule has 2 rings (SSSR count). The van der Waals surface area contributed by atoms with Crippen LogP contribution in [0.25, 0.3) is 11.0 Å². The van der Waals surface area contributed by atoms with Crippen LogP contribution in [-0.2, 0) is 0 Å². The van der Waals surface area contributed by atoms with Gasteiger partial charge < -0.3 is 5.73 Å². The second-order valence-electron chi connectivity index (χ2n) is 5.20. The minimum atomic E-state index is -0.114. The average molecular weight is 291 g/mol. The van der Waals surface area contributed by atoms with Crippen molar-refractivity contribution in [3.63, 3.8) is 0 Å². The third-order valence-electron chi connectivity index (χ3n) is 3.53. The molecule has 0 aliphatic carbocycles. The molecule has 0 aliphatic rings. The Morgan fingerprint density at radius 1 is 1.29 bits per heavy atom. The molecule has 21 heavy (non-hydrogen) atoms. The van der Waals surface area contributed by atoms with Gasteiger partial charge >= 0.3 is 0 Å². The third kappa shape index (κ3) is 3.38. The lowest BCUT2D eigenvalue weighted by atomic mass is 10.2. The Bertz CT molecular complexity index is 565. The fourth-order valence-electron chi connectivity index (χ4n) is 2.33. The first kappa shape index (κ1) is 15.8. The van der Waals surface area contributed by atoms with E-state index < -0.39 is 0 Å². The Balaban J connectivity index is 2.37. The number of para-hydroxylation sites is 1. The summed E-state index contributed by atoms with van der Waals surface area (Å²) in [4.78, 5) is 0. The maximum atomic E-state index is 6.22. The van der Waals surface area contributed by atoms with Crippen molar-refractivity contribution in [1.82, 2.24) is 30.5 Å². The molecule has 3 N–H and O–H groups in total. The van der Waals surface area contributed by atoms with Crippen LogP contribution in [0.15, 0.2) is 24.3 Å². The van der Waals surface area contributed by atoms with Gasteiger partial charge in [-0.15, -0.1) is 5.10 Å². The Hall–Kier alpha value is -1.54. The Labute approximate surface area is 125 Å². The quantitative estimate of drug-likeness (QED) is 0.740. The van der Waals surface area contributed by atoms with Gasteiger partial charge in [-0.1, -0.05) is 31.2 Å². The molecule has 116 valence electrons. The summed E-state index contributed by atoms with van der Waals surface area (Å²) in [6.45, 7) is 7.85. The monoisotopic (exact) mass is 291 g/mol. The number of benzene rings is 1. The zero-order valence-corrected chi connectivity index (χ0v) is 13.2. The molecule has 7 nitrogen and oxygen atoms in total. The number of nitrogens with two attached hydrogens (primary N) is 1. The molecule has 0 saturated carbocycles. The molecular formula is C14H25N7. The van der Waals surface area contributed by atoms with Crippen LogP contribution in [0.3, 0.4) is 0 Å². The third-order valence-corrected chi connectivity index (χ3v) is 3.53. The minimum absolute atomic E-state index is 0.104. The van der Waals surface area contributed by atoms with Crippen LogP contribution in [0.1, 0.15) is 26.9 Å². The summed E-state index contributed by atoms with van der Waals surface area (Å²) in [6, 6.07) is 7.82. The van der Waals surface area contributed by atoms with Crippen LogP contribution < -0.4 is 11.3 Å². The topological polar surface area (TPSA) is 75.2 Å². The van der Waals surface area contributed by atoms with Crippen LogP contribution in [-0.4, -0.2) is 51.2 Å². The van der Waals surface area contributed by atoms with E-state index in [1.54, 1.807) is 0 Å². The van der Waals surface area contributed by atoms with E-state index in [0.29, 0.717) is 0 Å². The molecule has 0 saturated heterocycles. The molecular weight excluding hydrogens is 266 g/mol. The summed E-state index contributed by atoms with van der Waals surface area (Å²) in [5, 5.41) is 12.6. The number of fused-ring (bicyclic) bond motifs is 1. The zero-order valence-electron chi connectivity index (χ0n) is 13.2. The van der Waals surface area contributed by atoms with Crippen LogP contribution in [0.4, 0.5) is 0 Å². The number of nitrogens with one attached hydrogen (secondary N) is 1. The van der Waals surface area contributed by atoms with E-state index in [4.69, 9.17) is 5.73 Å². The smallest absolute Gasteiger partial charge is 0.135 e. The van der Waals surface area contributed by atoms with Crippen molar-refractivity contribution >= 4 is 11.0 Å². The van der Waals surface area contributed by atoms with E-state index in [1.165, 1.54) is 0 Å². The van der Waals surface area contributed by atoms with Gasteiger partial charge in [0.15, 0.2) is 0 Å². The van der Waals surface area contributed by atoms with Gasteiger partial charge in [-0.25, -0.2) is 14.7 Å². The van der Waals surface area contributed by atoms with E-state index in [1.807, 2.05) is 47.9 Å². The highest BCUT2D eigenvalue weighted by atomic mass is 15.8. The minimum Gasteiger partial charge on any atom is -0.325 e. The standard InChI is InChI=1S/C14H25N7/c1-5-19(4)18-20(6-2)14(11(3)15)21-13-10-8-7-9-12(13)16-17-21/h7-11,14,18H,5-6,15H2,1-4H3. The summed E-state index contributed by atoms with van der Waals surface area (Å²) < 4.78 is 1.89. The lowest BCUT2D eigenvalue weighted by Gasteiger charge is -2.36. The highest BCUT2D eigenvalue weighted by molar-refractivity contribution is 5.73. The first-order valence-corrected chi connectivity index (χ1v) is 7.38. The van der Waals surface area contributed by atoms with Crippen molar-refractivity contribution in [2.24, 2.45) is 5.73 Å². The molecule has 0 spiro atoms. The molecule has 2 unspecified atom stereocenters. The molecule has 1 heterocycles. The van der Waals surface area contributed by atoms with Crippen LogP contribution >= 0.6 is 0 Å². The van der Waals surface area contributed by atoms with E-state index in [0.717, 1.165) is 24.1 Å². The SMILES string of the molecule is CCN(C)NN(CC)C(C(C)N)n1nnc2ccccc21. The van der Waals surface area contributed by atoms with Crippen LogP contribution in [0, 0.1) is 0 Å². The van der Waals surface area contributed by atoms with Crippen molar-refractivity contribution in [2.75, 3.05) is 20.1 Å². The maximum absolute atomic E-state index is 6.22. The lowest BCUT2D eigenvalue weighted by Crippen LogP contribution is -2.54. The van der Waals surface area contributed by atoms with Crippen LogP contribution in [0.5, 0.6) is 0 Å². The predicted molar refractivity (Wildman–Crippen MR) is 84.0 cm³/mol. The first-order chi connectivity index (χ1) is 10.1. The molecule has 1 aromatic heterocycles. The fraction of sp³-hybridized carbons (Fsp3) is 0.571. The summed E-state index contributed by atoms with van der Waals surface area (Å²) in [6.07, 6.45) is -0.114. The number of nitrogens with zero attached hydrogens (tertiary/aromatic N) is 5. The second-order valence-corrected chi connectivity index (χ2v) is 5.20. The van der Waals surface area contributed by atoms with E-state index in [2.05, 4.69) is 34.7 Å². The van der Waals surface area contributed by atoms with Gasteiger partial charge in [-0.05, 0) is 19.1 Å². The van der Waals surface area contributed by atoms with Gasteiger partial charge in [0.25, 0.3) is 0 Å². The largest absolute Gasteiger partial charge is 0.325 e. The Morgan fingerprint density at radius 2 is 2.00 bits per heavy atom. The van der Waals surface area contributed by atoms with Crippen molar-refractivity contribution in [3.8, 4) is 0 Å². The maximum Gasteiger partial charge on any atom is 0.135 e. The van der Waals surface area contributed by atoms with Gasteiger partial charge in [0.2, 0.25) is 0 Å². The van der Waals surface area contributed by atoms with Crippen molar-refractivity contribution in [3.05, 3.63) is 24.3 Å². The highest BCUT2D eigenvalue weighted by Gasteiger charge is 2.26. The van der Waals surface area contributed by atoms with Gasteiger partial charge in [-0.3, -0.25) is 0 Å². The number of aromatic nitrogens is 3. The number of likely N-dealkylation sites (N-methyl/N-ethyl adjacent to an activating group) is 1. The molecule has 0 aliphatic heterocycles. The van der Waals surface area contributed by atoms with Gasteiger partial charge in [-0.2, -0.15) is 5.53 Å². The van der Waals surface area contributed by atoms with E-state index in [-0.39, 0.29) is 12.2 Å². The predicted octanol–water partition coefficient (Wildman–Crippen LogP) is 0.970. The number of hydrogen-bond acceptors (Lipinski definition) is 6. The molecule has 0 radical (unpaired) electrons. The summed E-state index contributed by atoms with van der Waals surface area (Å²) in [5.74, 6) is 0. The summed E-state index contributed by atoms with van der Waals surface area (Å²) >= 11 is 0. The summed E-state index contributed by atoms with van der Waals surface area (Å²) in [5.41, 5.74) is 11.4. The lowest BCUT2D eigenvalue weighted by molar-refractivity contribution is -0.0249. The fourth-order valence-corrected chi connectivity index (χ4v) is 2.33. The average Bonchev–Trinajstić information content (AvgIpc) is 2.90. The van der Waals surface area contributed by atoms with Gasteiger partial charge in [0.05, 0.1) is 5.52 Å². The van der Waals surface area contributed by atoms with Gasteiger partial charge in [0, 0.05) is 26.2 Å². The van der Waals surface area contributed by atoms with Crippen molar-refractivity contribution in [1.29, 1.82) is 0 Å². The molecule has 0 bridgehead atoms. The Kier molecular flexibility index (Phi) is 5.24. The molecule has 0 amide bonds. The first-order valence-electron chi connectivity index (χ1n) is 7.38. The van der Waals surface area contributed by atoms with E-state index >= 15 is 0 Å². The van der Waals surface area contributed by atoms with Gasteiger partial charge in [0.1, 0.15) is 11.7 Å². The number of hydrogen-bond donors (Lipinski definition) is 2. The number of rotatable bonds is 7. The molecule has 2 aromatic rings. The van der Waals surface area contributed by atoms with Crippen LogP contribution in [0.2, 0.25) is 0 Å². The summed E-state index contributed by atoms with van der Waals surface area (Å²) in [7, 11) is 2.00. The molecule has 0 fully saturated rings. The second kappa shape index (κ2) is 6.95. The van der Waals surface area contributed by atoms with Crippen molar-refractivity contribution < 1.29 is 0 Å². The Morgan fingerprint density at radius 3 is 2.62 bits per heavy atom. The normalized spacial score (nSPS) is 15.0. The zero-order chi connectivity index (χ0) is 15.4.